The van der Waals surface area contributed by atoms with Crippen molar-refractivity contribution < 1.29 is 14.3 Å². The highest BCUT2D eigenvalue weighted by atomic mass is 32.2. The Balaban J connectivity index is 1.69. The minimum atomic E-state index is -0.0531. The number of amidine groups is 1. The topological polar surface area (TPSA) is 72.3 Å². The van der Waals surface area contributed by atoms with Gasteiger partial charge in [0.15, 0.2) is 16.7 Å². The average Bonchev–Trinajstić information content (AvgIpc) is 3.06. The second-order valence-electron chi connectivity index (χ2n) is 5.90. The van der Waals surface area contributed by atoms with Gasteiger partial charge in [0.1, 0.15) is 6.61 Å². The highest BCUT2D eigenvalue weighted by Crippen LogP contribution is 2.29. The van der Waals surface area contributed by atoms with Crippen molar-refractivity contribution in [2.45, 2.75) is 20.5 Å². The molecule has 140 valence electrons. The number of amides is 1. The van der Waals surface area contributed by atoms with E-state index >= 15 is 0 Å². The Kier molecular flexibility index (Phi) is 6.49. The van der Waals surface area contributed by atoms with E-state index in [4.69, 9.17) is 9.47 Å². The number of hydrogen-bond acceptors (Lipinski definition) is 6. The SMILES string of the molecule is CCOc1cc(C=NN=C2NC(=O)CS2)ccc1OCc1cccc(C)c1. The lowest BCUT2D eigenvalue weighted by Crippen LogP contribution is -2.19. The fourth-order valence-electron chi connectivity index (χ4n) is 2.48. The van der Waals surface area contributed by atoms with E-state index in [1.54, 1.807) is 6.21 Å². The molecular weight excluding hydrogens is 362 g/mol. The Morgan fingerprint density at radius 2 is 2.07 bits per heavy atom. The molecule has 0 spiro atoms. The number of nitrogens with one attached hydrogen (secondary N) is 1. The van der Waals surface area contributed by atoms with Gasteiger partial charge in [-0.15, -0.1) is 5.10 Å². The Morgan fingerprint density at radius 3 is 2.81 bits per heavy atom. The molecule has 27 heavy (non-hydrogen) atoms. The molecule has 2 aromatic carbocycles. The third-order valence-electron chi connectivity index (χ3n) is 3.69. The summed E-state index contributed by atoms with van der Waals surface area (Å²) >= 11 is 1.34. The van der Waals surface area contributed by atoms with E-state index in [0.29, 0.717) is 35.6 Å². The maximum atomic E-state index is 11.1. The van der Waals surface area contributed by atoms with Crippen molar-refractivity contribution in [3.8, 4) is 11.5 Å². The smallest absolute Gasteiger partial charge is 0.236 e. The van der Waals surface area contributed by atoms with Crippen molar-refractivity contribution in [1.29, 1.82) is 0 Å². The molecule has 0 aliphatic carbocycles. The van der Waals surface area contributed by atoms with Gasteiger partial charge < -0.3 is 14.8 Å². The maximum Gasteiger partial charge on any atom is 0.236 e. The molecule has 0 bridgehead atoms. The molecule has 1 N–H and O–H groups in total. The van der Waals surface area contributed by atoms with Gasteiger partial charge in [0, 0.05) is 0 Å². The first-order chi connectivity index (χ1) is 13.1. The average molecular weight is 383 g/mol. The van der Waals surface area contributed by atoms with Crippen LogP contribution in [-0.4, -0.2) is 29.6 Å². The number of carbonyl (C=O) groups is 1. The van der Waals surface area contributed by atoms with Gasteiger partial charge in [-0.3, -0.25) is 4.79 Å². The van der Waals surface area contributed by atoms with E-state index in [0.717, 1.165) is 11.1 Å². The first kappa shape index (κ1) is 19.0. The molecule has 6 nitrogen and oxygen atoms in total. The number of carbonyl (C=O) groups excluding carboxylic acids is 1. The Morgan fingerprint density at radius 1 is 1.19 bits per heavy atom. The first-order valence-corrected chi connectivity index (χ1v) is 9.61. The molecule has 0 unspecified atom stereocenters. The number of benzene rings is 2. The zero-order valence-corrected chi connectivity index (χ0v) is 16.1. The molecule has 1 aliphatic heterocycles. The van der Waals surface area contributed by atoms with Crippen LogP contribution in [0.2, 0.25) is 0 Å². The molecular formula is C20H21N3O3S. The van der Waals surface area contributed by atoms with Crippen LogP contribution in [0.1, 0.15) is 23.6 Å². The van der Waals surface area contributed by atoms with Gasteiger partial charge in [-0.05, 0) is 43.2 Å². The first-order valence-electron chi connectivity index (χ1n) is 8.63. The van der Waals surface area contributed by atoms with Crippen LogP contribution in [0.25, 0.3) is 0 Å². The molecule has 0 radical (unpaired) electrons. The number of thioether (sulfide) groups is 1. The van der Waals surface area contributed by atoms with E-state index in [1.165, 1.54) is 17.3 Å². The van der Waals surface area contributed by atoms with Crippen LogP contribution >= 0.6 is 11.8 Å². The van der Waals surface area contributed by atoms with Gasteiger partial charge in [-0.1, -0.05) is 41.6 Å². The van der Waals surface area contributed by atoms with Gasteiger partial charge in [0.25, 0.3) is 0 Å². The minimum Gasteiger partial charge on any atom is -0.490 e. The van der Waals surface area contributed by atoms with Crippen LogP contribution in [0, 0.1) is 6.92 Å². The van der Waals surface area contributed by atoms with Gasteiger partial charge in [0.2, 0.25) is 5.91 Å². The Hall–Kier alpha value is -2.80. The molecule has 2 aromatic rings. The summed E-state index contributed by atoms with van der Waals surface area (Å²) in [7, 11) is 0. The van der Waals surface area contributed by atoms with Crippen LogP contribution in [0.5, 0.6) is 11.5 Å². The molecule has 1 fully saturated rings. The fourth-order valence-corrected chi connectivity index (χ4v) is 3.11. The zero-order chi connectivity index (χ0) is 19.1. The quantitative estimate of drug-likeness (QED) is 0.586. The lowest BCUT2D eigenvalue weighted by Gasteiger charge is -2.12. The van der Waals surface area contributed by atoms with E-state index in [1.807, 2.05) is 37.3 Å². The molecule has 0 atom stereocenters. The lowest BCUT2D eigenvalue weighted by molar-refractivity contribution is -0.116. The summed E-state index contributed by atoms with van der Waals surface area (Å²) in [5, 5.41) is 11.2. The van der Waals surface area contributed by atoms with Gasteiger partial charge >= 0.3 is 0 Å². The minimum absolute atomic E-state index is 0.0531. The van der Waals surface area contributed by atoms with Crippen molar-refractivity contribution in [2.75, 3.05) is 12.4 Å². The van der Waals surface area contributed by atoms with Crippen LogP contribution in [0.3, 0.4) is 0 Å². The monoisotopic (exact) mass is 383 g/mol. The predicted molar refractivity (Wildman–Crippen MR) is 109 cm³/mol. The zero-order valence-electron chi connectivity index (χ0n) is 15.3. The van der Waals surface area contributed by atoms with Gasteiger partial charge in [-0.25, -0.2) is 0 Å². The largest absolute Gasteiger partial charge is 0.490 e. The standard InChI is InChI=1S/C20H21N3O3S/c1-3-25-18-10-15(11-21-23-20-22-19(24)13-27-20)7-8-17(18)26-12-16-6-4-5-14(2)9-16/h4-11H,3,12-13H2,1-2H3,(H,22,23,24). The number of ether oxygens (including phenoxy) is 2. The number of rotatable bonds is 7. The summed E-state index contributed by atoms with van der Waals surface area (Å²) in [4.78, 5) is 11.1. The van der Waals surface area contributed by atoms with Crippen LogP contribution in [-0.2, 0) is 11.4 Å². The Bertz CT molecular complexity index is 881. The number of hydrogen-bond donors (Lipinski definition) is 1. The summed E-state index contributed by atoms with van der Waals surface area (Å²) in [6, 6.07) is 13.8. The molecule has 1 amide bonds. The fraction of sp³-hybridized carbons (Fsp3) is 0.250. The van der Waals surface area contributed by atoms with Gasteiger partial charge in [0.05, 0.1) is 18.6 Å². The summed E-state index contributed by atoms with van der Waals surface area (Å²) < 4.78 is 11.6. The molecule has 0 aromatic heterocycles. The molecule has 7 heteroatoms. The van der Waals surface area contributed by atoms with E-state index < -0.39 is 0 Å². The highest BCUT2D eigenvalue weighted by molar-refractivity contribution is 8.15. The van der Waals surface area contributed by atoms with Crippen LogP contribution in [0.15, 0.2) is 52.7 Å². The highest BCUT2D eigenvalue weighted by Gasteiger charge is 2.16. The van der Waals surface area contributed by atoms with Crippen LogP contribution in [0.4, 0.5) is 0 Å². The van der Waals surface area contributed by atoms with Crippen molar-refractivity contribution >= 4 is 29.1 Å². The normalized spacial score (nSPS) is 15.3. The summed E-state index contributed by atoms with van der Waals surface area (Å²) in [6.07, 6.45) is 1.62. The molecule has 1 saturated heterocycles. The third kappa shape index (κ3) is 5.59. The summed E-state index contributed by atoms with van der Waals surface area (Å²) in [5.74, 6) is 1.67. The van der Waals surface area contributed by atoms with Crippen molar-refractivity contribution in [3.05, 3.63) is 59.2 Å². The van der Waals surface area contributed by atoms with Crippen molar-refractivity contribution in [3.63, 3.8) is 0 Å². The van der Waals surface area contributed by atoms with Crippen molar-refractivity contribution in [2.24, 2.45) is 10.2 Å². The third-order valence-corrected chi connectivity index (χ3v) is 4.55. The van der Waals surface area contributed by atoms with E-state index in [9.17, 15) is 4.79 Å². The Labute approximate surface area is 162 Å². The predicted octanol–water partition coefficient (Wildman–Crippen LogP) is 3.53. The lowest BCUT2D eigenvalue weighted by atomic mass is 10.1. The second-order valence-corrected chi connectivity index (χ2v) is 6.87. The van der Waals surface area contributed by atoms with Gasteiger partial charge in [-0.2, -0.15) is 5.10 Å². The molecule has 0 saturated carbocycles. The summed E-state index contributed by atoms with van der Waals surface area (Å²) in [5.41, 5.74) is 3.14. The molecule has 3 rings (SSSR count). The van der Waals surface area contributed by atoms with Crippen molar-refractivity contribution in [1.82, 2.24) is 5.32 Å². The van der Waals surface area contributed by atoms with E-state index in [2.05, 4.69) is 34.6 Å². The van der Waals surface area contributed by atoms with E-state index in [-0.39, 0.29) is 5.91 Å². The number of nitrogens with zero attached hydrogens (tertiary/aromatic N) is 2. The number of aryl methyl sites for hydroxylation is 1. The molecule has 1 aliphatic rings. The summed E-state index contributed by atoms with van der Waals surface area (Å²) in [6.45, 7) is 4.99. The molecule has 1 heterocycles. The maximum absolute atomic E-state index is 11.1. The van der Waals surface area contributed by atoms with Crippen LogP contribution < -0.4 is 14.8 Å². The second kappa shape index (κ2) is 9.23.